The van der Waals surface area contributed by atoms with Crippen molar-refractivity contribution in [3.05, 3.63) is 111 Å². The molecule has 4 aromatic rings. The number of carbonyl (C=O) groups excluding carboxylic acids is 2. The van der Waals surface area contributed by atoms with Gasteiger partial charge in [0, 0.05) is 22.5 Å². The Hall–Kier alpha value is -3.29. The van der Waals surface area contributed by atoms with Gasteiger partial charge in [0.25, 0.3) is 5.91 Å². The van der Waals surface area contributed by atoms with Crippen LogP contribution in [0.15, 0.2) is 89.8 Å². The molecule has 7 heteroatoms. The second-order valence-corrected chi connectivity index (χ2v) is 8.86. The molecule has 0 saturated carbocycles. The molecule has 0 bridgehead atoms. The molecule has 0 radical (unpaired) electrons. The van der Waals surface area contributed by atoms with Crippen LogP contribution >= 0.6 is 22.7 Å². The molecule has 1 aromatic carbocycles. The van der Waals surface area contributed by atoms with Gasteiger partial charge in [0.1, 0.15) is 11.7 Å². The van der Waals surface area contributed by atoms with Gasteiger partial charge in [0.2, 0.25) is 5.91 Å². The Labute approximate surface area is 189 Å². The molecule has 0 aliphatic heterocycles. The van der Waals surface area contributed by atoms with Crippen molar-refractivity contribution in [3.8, 4) is 0 Å². The zero-order chi connectivity index (χ0) is 21.5. The molecule has 1 atom stereocenters. The van der Waals surface area contributed by atoms with Gasteiger partial charge in [-0.15, -0.1) is 22.7 Å². The number of nitrogens with one attached hydrogen (secondary N) is 1. The summed E-state index contributed by atoms with van der Waals surface area (Å²) >= 11 is 3.02. The minimum Gasteiger partial charge on any atom is -0.350 e. The lowest BCUT2D eigenvalue weighted by atomic mass is 10.1. The molecule has 3 heterocycles. The predicted octanol–water partition coefficient (Wildman–Crippen LogP) is 4.90. The van der Waals surface area contributed by atoms with Crippen LogP contribution in [0.2, 0.25) is 0 Å². The molecule has 3 aromatic heterocycles. The second kappa shape index (κ2) is 10.1. The Kier molecular flexibility index (Phi) is 6.86. The molecule has 31 heavy (non-hydrogen) atoms. The molecule has 0 aliphatic carbocycles. The molecule has 5 nitrogen and oxygen atoms in total. The average molecular weight is 448 g/mol. The first-order valence-electron chi connectivity index (χ1n) is 9.82. The number of rotatable bonds is 8. The Bertz CT molecular complexity index is 1100. The van der Waals surface area contributed by atoms with Gasteiger partial charge in [-0.3, -0.25) is 14.6 Å². The highest BCUT2D eigenvalue weighted by molar-refractivity contribution is 7.10. The third kappa shape index (κ3) is 5.25. The molecular formula is C24H21N3O2S2. The molecule has 1 N–H and O–H groups in total. The van der Waals surface area contributed by atoms with Crippen molar-refractivity contribution in [1.82, 2.24) is 15.2 Å². The summed E-state index contributed by atoms with van der Waals surface area (Å²) in [5.74, 6) is -0.491. The highest BCUT2D eigenvalue weighted by Gasteiger charge is 2.33. The molecule has 0 fully saturated rings. The fraction of sp³-hybridized carbons (Fsp3) is 0.125. The first-order valence-corrected chi connectivity index (χ1v) is 11.6. The summed E-state index contributed by atoms with van der Waals surface area (Å²) in [7, 11) is 0. The third-order valence-corrected chi connectivity index (χ3v) is 6.52. The van der Waals surface area contributed by atoms with Gasteiger partial charge >= 0.3 is 0 Å². The van der Waals surface area contributed by atoms with Crippen molar-refractivity contribution >= 4 is 34.5 Å². The highest BCUT2D eigenvalue weighted by Crippen LogP contribution is 2.29. The maximum Gasteiger partial charge on any atom is 0.273 e. The van der Waals surface area contributed by atoms with E-state index in [0.717, 1.165) is 15.3 Å². The summed E-state index contributed by atoms with van der Waals surface area (Å²) in [6.07, 6.45) is 1.59. The maximum atomic E-state index is 13.5. The van der Waals surface area contributed by atoms with E-state index in [-0.39, 0.29) is 11.8 Å². The number of nitrogens with zero attached hydrogens (tertiary/aromatic N) is 2. The van der Waals surface area contributed by atoms with E-state index < -0.39 is 6.04 Å². The second-order valence-electron chi connectivity index (χ2n) is 6.85. The largest absolute Gasteiger partial charge is 0.350 e. The van der Waals surface area contributed by atoms with Crippen molar-refractivity contribution in [2.45, 2.75) is 19.1 Å². The van der Waals surface area contributed by atoms with E-state index in [1.54, 1.807) is 40.6 Å². The normalized spacial score (nSPS) is 11.6. The monoisotopic (exact) mass is 447 g/mol. The Morgan fingerprint density at radius 1 is 0.903 bits per heavy atom. The average Bonchev–Trinajstić information content (AvgIpc) is 3.53. The van der Waals surface area contributed by atoms with Crippen LogP contribution in [-0.2, 0) is 17.9 Å². The van der Waals surface area contributed by atoms with Crippen LogP contribution in [-0.4, -0.2) is 21.7 Å². The number of hydrogen-bond donors (Lipinski definition) is 1. The van der Waals surface area contributed by atoms with Crippen molar-refractivity contribution in [3.63, 3.8) is 0 Å². The zero-order valence-electron chi connectivity index (χ0n) is 16.7. The lowest BCUT2D eigenvalue weighted by Gasteiger charge is -2.30. The highest BCUT2D eigenvalue weighted by atomic mass is 32.1. The van der Waals surface area contributed by atoms with E-state index in [1.165, 1.54) is 11.3 Å². The quantitative estimate of drug-likeness (QED) is 0.418. The van der Waals surface area contributed by atoms with E-state index in [0.29, 0.717) is 18.8 Å². The van der Waals surface area contributed by atoms with Crippen molar-refractivity contribution in [1.29, 1.82) is 0 Å². The van der Waals surface area contributed by atoms with Crippen molar-refractivity contribution in [2.75, 3.05) is 0 Å². The maximum absolute atomic E-state index is 13.5. The van der Waals surface area contributed by atoms with E-state index in [4.69, 9.17) is 0 Å². The standard InChI is InChI=1S/C24H21N3O2S2/c28-23(26-16-18-8-2-1-3-9-18)22(21-12-7-15-31-21)27(17-19-10-6-14-30-19)24(29)20-11-4-5-13-25-20/h1-15,22H,16-17H2,(H,26,28)/t22-/m1/s1. The van der Waals surface area contributed by atoms with Crippen LogP contribution in [0.3, 0.4) is 0 Å². The summed E-state index contributed by atoms with van der Waals surface area (Å²) < 4.78 is 0. The van der Waals surface area contributed by atoms with Crippen LogP contribution in [0.25, 0.3) is 0 Å². The summed E-state index contributed by atoms with van der Waals surface area (Å²) in [4.78, 5) is 34.5. The van der Waals surface area contributed by atoms with Gasteiger partial charge in [0.15, 0.2) is 0 Å². The fourth-order valence-corrected chi connectivity index (χ4v) is 4.78. The van der Waals surface area contributed by atoms with Gasteiger partial charge in [-0.2, -0.15) is 0 Å². The van der Waals surface area contributed by atoms with E-state index in [1.807, 2.05) is 65.4 Å². The summed E-state index contributed by atoms with van der Waals surface area (Å²) in [5, 5.41) is 6.90. The summed E-state index contributed by atoms with van der Waals surface area (Å²) in [6, 6.07) is 21.9. The minimum atomic E-state index is -0.750. The Balaban J connectivity index is 1.66. The number of aromatic nitrogens is 1. The molecule has 0 spiro atoms. The minimum absolute atomic E-state index is 0.216. The van der Waals surface area contributed by atoms with Crippen molar-refractivity contribution < 1.29 is 9.59 Å². The predicted molar refractivity (Wildman–Crippen MR) is 124 cm³/mol. The van der Waals surface area contributed by atoms with E-state index in [2.05, 4.69) is 10.3 Å². The first-order chi connectivity index (χ1) is 15.2. The number of amides is 2. The van der Waals surface area contributed by atoms with Gasteiger partial charge in [-0.05, 0) is 40.6 Å². The first kappa shape index (κ1) is 21.0. The van der Waals surface area contributed by atoms with Crippen LogP contribution < -0.4 is 5.32 Å². The number of hydrogen-bond acceptors (Lipinski definition) is 5. The topological polar surface area (TPSA) is 62.3 Å². The van der Waals surface area contributed by atoms with Crippen molar-refractivity contribution in [2.24, 2.45) is 0 Å². The molecule has 0 unspecified atom stereocenters. The lowest BCUT2D eigenvalue weighted by Crippen LogP contribution is -2.43. The Morgan fingerprint density at radius 3 is 2.35 bits per heavy atom. The summed E-state index contributed by atoms with van der Waals surface area (Å²) in [6.45, 7) is 0.723. The SMILES string of the molecule is O=C(NCc1ccccc1)[C@@H](c1cccs1)N(Cc1cccs1)C(=O)c1ccccn1. The van der Waals surface area contributed by atoms with Crippen LogP contribution in [0.4, 0.5) is 0 Å². The van der Waals surface area contributed by atoms with Gasteiger partial charge in [-0.25, -0.2) is 0 Å². The lowest BCUT2D eigenvalue weighted by molar-refractivity contribution is -0.126. The van der Waals surface area contributed by atoms with Crippen LogP contribution in [0, 0.1) is 0 Å². The molecule has 156 valence electrons. The number of benzene rings is 1. The Morgan fingerprint density at radius 2 is 1.68 bits per heavy atom. The molecule has 0 aliphatic rings. The van der Waals surface area contributed by atoms with Gasteiger partial charge in [0.05, 0.1) is 6.54 Å². The number of thiophene rings is 2. The zero-order valence-corrected chi connectivity index (χ0v) is 18.3. The molecular weight excluding hydrogens is 426 g/mol. The van der Waals surface area contributed by atoms with Crippen LogP contribution in [0.5, 0.6) is 0 Å². The molecule has 2 amide bonds. The van der Waals surface area contributed by atoms with Gasteiger partial charge < -0.3 is 10.2 Å². The van der Waals surface area contributed by atoms with Crippen LogP contribution in [0.1, 0.15) is 31.8 Å². The fourth-order valence-electron chi connectivity index (χ4n) is 3.24. The smallest absolute Gasteiger partial charge is 0.273 e. The molecule has 0 saturated heterocycles. The molecule has 4 rings (SSSR count). The van der Waals surface area contributed by atoms with Gasteiger partial charge in [-0.1, -0.05) is 48.5 Å². The third-order valence-electron chi connectivity index (χ3n) is 4.73. The number of carbonyl (C=O) groups is 2. The number of pyridine rings is 1. The van der Waals surface area contributed by atoms with E-state index in [9.17, 15) is 9.59 Å². The summed E-state index contributed by atoms with van der Waals surface area (Å²) in [5.41, 5.74) is 1.32. The van der Waals surface area contributed by atoms with E-state index >= 15 is 0 Å².